The first-order chi connectivity index (χ1) is 8.26. The normalized spacial score (nSPS) is 12.2. The third-order valence-electron chi connectivity index (χ3n) is 2.38. The molecule has 1 aromatic carbocycles. The molecule has 0 saturated carbocycles. The van der Waals surface area contributed by atoms with E-state index in [1.165, 1.54) is 0 Å². The Balaban J connectivity index is 2.34. The minimum absolute atomic E-state index is 0.510. The van der Waals surface area contributed by atoms with Crippen LogP contribution in [-0.2, 0) is 0 Å². The number of hydrogen-bond acceptors (Lipinski definition) is 3. The van der Waals surface area contributed by atoms with Gasteiger partial charge in [-0.2, -0.15) is 0 Å². The molecule has 0 aliphatic carbocycles. The van der Waals surface area contributed by atoms with Crippen LogP contribution in [0.3, 0.4) is 0 Å². The standard InChI is InChI=1S/C14H23NO2/c1-4-9-16-13-5-7-14(8-6-13)17-11-12(2)10-15-3/h5-8,12,15H,4,9-11H2,1-3H3. The Morgan fingerprint density at radius 2 is 1.71 bits per heavy atom. The Kier molecular flexibility index (Phi) is 6.48. The van der Waals surface area contributed by atoms with Crippen LogP contribution in [0, 0.1) is 5.92 Å². The summed E-state index contributed by atoms with van der Waals surface area (Å²) in [5, 5.41) is 3.14. The fourth-order valence-corrected chi connectivity index (χ4v) is 1.50. The van der Waals surface area contributed by atoms with Gasteiger partial charge in [0.05, 0.1) is 13.2 Å². The second kappa shape index (κ2) is 7.96. The van der Waals surface area contributed by atoms with Crippen molar-refractivity contribution < 1.29 is 9.47 Å². The smallest absolute Gasteiger partial charge is 0.119 e. The van der Waals surface area contributed by atoms with E-state index < -0.39 is 0 Å². The zero-order valence-electron chi connectivity index (χ0n) is 11.0. The highest BCUT2D eigenvalue weighted by Gasteiger charge is 2.02. The average Bonchev–Trinajstić information content (AvgIpc) is 2.35. The number of ether oxygens (including phenoxy) is 2. The summed E-state index contributed by atoms with van der Waals surface area (Å²) in [5.41, 5.74) is 0. The van der Waals surface area contributed by atoms with E-state index in [1.54, 1.807) is 0 Å². The lowest BCUT2D eigenvalue weighted by atomic mass is 10.2. The quantitative estimate of drug-likeness (QED) is 0.754. The molecule has 0 radical (unpaired) electrons. The van der Waals surface area contributed by atoms with Crippen LogP contribution in [0.5, 0.6) is 11.5 Å². The van der Waals surface area contributed by atoms with Crippen molar-refractivity contribution in [3.8, 4) is 11.5 Å². The van der Waals surface area contributed by atoms with Crippen molar-refractivity contribution in [2.45, 2.75) is 20.3 Å². The first-order valence-electron chi connectivity index (χ1n) is 6.26. The van der Waals surface area contributed by atoms with Gasteiger partial charge in [0.1, 0.15) is 11.5 Å². The Hall–Kier alpha value is -1.22. The molecule has 0 spiro atoms. The van der Waals surface area contributed by atoms with E-state index in [2.05, 4.69) is 19.2 Å². The first kappa shape index (κ1) is 13.8. The molecular formula is C14H23NO2. The van der Waals surface area contributed by atoms with Crippen molar-refractivity contribution in [1.82, 2.24) is 5.32 Å². The number of nitrogens with one attached hydrogen (secondary N) is 1. The van der Waals surface area contributed by atoms with Crippen molar-refractivity contribution in [1.29, 1.82) is 0 Å². The minimum atomic E-state index is 0.510. The zero-order chi connectivity index (χ0) is 12.5. The van der Waals surface area contributed by atoms with E-state index in [0.717, 1.165) is 37.7 Å². The van der Waals surface area contributed by atoms with Crippen LogP contribution < -0.4 is 14.8 Å². The lowest BCUT2D eigenvalue weighted by Gasteiger charge is -2.12. The van der Waals surface area contributed by atoms with Crippen molar-refractivity contribution in [3.05, 3.63) is 24.3 Å². The van der Waals surface area contributed by atoms with Gasteiger partial charge in [0.25, 0.3) is 0 Å². The molecule has 0 bridgehead atoms. The lowest BCUT2D eigenvalue weighted by molar-refractivity contribution is 0.257. The van der Waals surface area contributed by atoms with Gasteiger partial charge in [0, 0.05) is 12.5 Å². The highest BCUT2D eigenvalue weighted by Crippen LogP contribution is 2.18. The molecule has 1 atom stereocenters. The number of hydrogen-bond donors (Lipinski definition) is 1. The van der Waals surface area contributed by atoms with Crippen LogP contribution >= 0.6 is 0 Å². The molecule has 0 aliphatic heterocycles. The van der Waals surface area contributed by atoms with E-state index in [9.17, 15) is 0 Å². The van der Waals surface area contributed by atoms with Crippen LogP contribution in [0.4, 0.5) is 0 Å². The van der Waals surface area contributed by atoms with E-state index >= 15 is 0 Å². The SMILES string of the molecule is CCCOc1ccc(OCC(C)CNC)cc1. The second-order valence-electron chi connectivity index (χ2n) is 4.29. The fourth-order valence-electron chi connectivity index (χ4n) is 1.50. The van der Waals surface area contributed by atoms with Crippen LogP contribution in [0.2, 0.25) is 0 Å². The number of benzene rings is 1. The van der Waals surface area contributed by atoms with Crippen molar-refractivity contribution in [2.24, 2.45) is 5.92 Å². The van der Waals surface area contributed by atoms with Gasteiger partial charge < -0.3 is 14.8 Å². The van der Waals surface area contributed by atoms with Gasteiger partial charge in [-0.05, 0) is 37.7 Å². The van der Waals surface area contributed by atoms with Gasteiger partial charge in [0.2, 0.25) is 0 Å². The molecule has 0 heterocycles. The van der Waals surface area contributed by atoms with E-state index in [4.69, 9.17) is 9.47 Å². The molecule has 17 heavy (non-hydrogen) atoms. The van der Waals surface area contributed by atoms with Gasteiger partial charge >= 0.3 is 0 Å². The summed E-state index contributed by atoms with van der Waals surface area (Å²) in [5.74, 6) is 2.32. The summed E-state index contributed by atoms with van der Waals surface area (Å²) in [6, 6.07) is 7.82. The lowest BCUT2D eigenvalue weighted by Crippen LogP contribution is -2.21. The number of rotatable bonds is 8. The topological polar surface area (TPSA) is 30.5 Å². The summed E-state index contributed by atoms with van der Waals surface area (Å²) >= 11 is 0. The maximum absolute atomic E-state index is 5.68. The van der Waals surface area contributed by atoms with Crippen LogP contribution in [-0.4, -0.2) is 26.8 Å². The third-order valence-corrected chi connectivity index (χ3v) is 2.38. The molecule has 1 unspecified atom stereocenters. The van der Waals surface area contributed by atoms with Gasteiger partial charge in [-0.25, -0.2) is 0 Å². The summed E-state index contributed by atoms with van der Waals surface area (Å²) in [6.07, 6.45) is 1.03. The molecule has 1 rings (SSSR count). The minimum Gasteiger partial charge on any atom is -0.494 e. The van der Waals surface area contributed by atoms with Crippen LogP contribution in [0.15, 0.2) is 24.3 Å². The molecule has 0 saturated heterocycles. The molecule has 3 heteroatoms. The summed E-state index contributed by atoms with van der Waals surface area (Å²) in [4.78, 5) is 0. The van der Waals surface area contributed by atoms with Crippen LogP contribution in [0.25, 0.3) is 0 Å². The molecular weight excluding hydrogens is 214 g/mol. The molecule has 0 aliphatic rings. The Labute approximate surface area is 104 Å². The second-order valence-corrected chi connectivity index (χ2v) is 4.29. The highest BCUT2D eigenvalue weighted by atomic mass is 16.5. The van der Waals surface area contributed by atoms with Crippen molar-refractivity contribution in [3.63, 3.8) is 0 Å². The maximum Gasteiger partial charge on any atom is 0.119 e. The monoisotopic (exact) mass is 237 g/mol. The Morgan fingerprint density at radius 3 is 2.24 bits per heavy atom. The Bertz CT molecular complexity index is 298. The van der Waals surface area contributed by atoms with Gasteiger partial charge in [0.15, 0.2) is 0 Å². The van der Waals surface area contributed by atoms with Gasteiger partial charge in [-0.3, -0.25) is 0 Å². The predicted octanol–water partition coefficient (Wildman–Crippen LogP) is 2.71. The van der Waals surface area contributed by atoms with Gasteiger partial charge in [-0.15, -0.1) is 0 Å². The summed E-state index contributed by atoms with van der Waals surface area (Å²) in [6.45, 7) is 6.73. The Morgan fingerprint density at radius 1 is 1.12 bits per heavy atom. The van der Waals surface area contributed by atoms with E-state index in [1.807, 2.05) is 31.3 Å². The predicted molar refractivity (Wildman–Crippen MR) is 70.8 cm³/mol. The first-order valence-corrected chi connectivity index (χ1v) is 6.26. The summed E-state index contributed by atoms with van der Waals surface area (Å²) in [7, 11) is 1.95. The van der Waals surface area contributed by atoms with Crippen molar-refractivity contribution in [2.75, 3.05) is 26.8 Å². The van der Waals surface area contributed by atoms with E-state index in [-0.39, 0.29) is 0 Å². The average molecular weight is 237 g/mol. The molecule has 0 aromatic heterocycles. The van der Waals surface area contributed by atoms with Crippen molar-refractivity contribution >= 4 is 0 Å². The molecule has 0 fully saturated rings. The third kappa shape index (κ3) is 5.59. The van der Waals surface area contributed by atoms with Gasteiger partial charge in [-0.1, -0.05) is 13.8 Å². The highest BCUT2D eigenvalue weighted by molar-refractivity contribution is 5.31. The largest absolute Gasteiger partial charge is 0.494 e. The molecule has 0 amide bonds. The fraction of sp³-hybridized carbons (Fsp3) is 0.571. The molecule has 1 aromatic rings. The molecule has 3 nitrogen and oxygen atoms in total. The maximum atomic E-state index is 5.68. The molecule has 96 valence electrons. The summed E-state index contributed by atoms with van der Waals surface area (Å²) < 4.78 is 11.2. The van der Waals surface area contributed by atoms with Crippen LogP contribution in [0.1, 0.15) is 20.3 Å². The zero-order valence-corrected chi connectivity index (χ0v) is 11.0. The molecule has 1 N–H and O–H groups in total. The van der Waals surface area contributed by atoms with E-state index in [0.29, 0.717) is 5.92 Å².